The van der Waals surface area contributed by atoms with E-state index in [1.54, 1.807) is 12.1 Å². The van der Waals surface area contributed by atoms with Crippen LogP contribution in [0.2, 0.25) is 0 Å². The number of nitrogens with one attached hydrogen (secondary N) is 1. The molecule has 1 heterocycles. The van der Waals surface area contributed by atoms with E-state index in [9.17, 15) is 16.8 Å². The van der Waals surface area contributed by atoms with Gasteiger partial charge < -0.3 is 0 Å². The number of nitrogens with zero attached hydrogens (tertiary/aromatic N) is 1. The van der Waals surface area contributed by atoms with Crippen molar-refractivity contribution in [3.05, 3.63) is 29.8 Å². The Balaban J connectivity index is 1.65. The average molecular weight is 401 g/mol. The summed E-state index contributed by atoms with van der Waals surface area (Å²) in [4.78, 5) is 0.326. The maximum absolute atomic E-state index is 12.9. The Kier molecular flexibility index (Phi) is 6.06. The molecule has 146 valence electrons. The largest absolute Gasteiger partial charge is 0.243 e. The van der Waals surface area contributed by atoms with Crippen molar-refractivity contribution in [1.82, 2.24) is 9.03 Å². The van der Waals surface area contributed by atoms with Crippen molar-refractivity contribution >= 4 is 20.0 Å². The number of rotatable bonds is 5. The monoisotopic (exact) mass is 400 g/mol. The highest BCUT2D eigenvalue weighted by Crippen LogP contribution is 2.33. The van der Waals surface area contributed by atoms with Crippen LogP contribution in [0, 0.1) is 0 Å². The van der Waals surface area contributed by atoms with Gasteiger partial charge in [-0.3, -0.25) is 0 Å². The second kappa shape index (κ2) is 7.96. The number of hydrogen-bond donors (Lipinski definition) is 1. The zero-order valence-electron chi connectivity index (χ0n) is 15.2. The van der Waals surface area contributed by atoms with Crippen molar-refractivity contribution in [3.63, 3.8) is 0 Å². The van der Waals surface area contributed by atoms with Gasteiger partial charge in [0.2, 0.25) is 20.0 Å². The quantitative estimate of drug-likeness (QED) is 0.823. The number of hydrogen-bond acceptors (Lipinski definition) is 4. The topological polar surface area (TPSA) is 83.6 Å². The van der Waals surface area contributed by atoms with Gasteiger partial charge in [-0.1, -0.05) is 31.4 Å². The number of sulfonamides is 2. The van der Waals surface area contributed by atoms with Crippen LogP contribution in [-0.2, 0) is 20.0 Å². The van der Waals surface area contributed by atoms with E-state index in [0.717, 1.165) is 6.26 Å². The van der Waals surface area contributed by atoms with Crippen LogP contribution < -0.4 is 4.72 Å². The molecule has 1 saturated carbocycles. The highest BCUT2D eigenvalue weighted by atomic mass is 32.2. The van der Waals surface area contributed by atoms with Gasteiger partial charge in [-0.25, -0.2) is 21.6 Å². The SMILES string of the molecule is CS(=O)(=O)NC1CCN(S(=O)(=O)c2ccc(C3CCCCC3)cc2)CC1. The fraction of sp³-hybridized carbons (Fsp3) is 0.667. The molecule has 8 heteroatoms. The maximum atomic E-state index is 12.9. The Hall–Kier alpha value is -0.960. The van der Waals surface area contributed by atoms with Gasteiger partial charge in [0.15, 0.2) is 0 Å². The first-order chi connectivity index (χ1) is 12.3. The first-order valence-electron chi connectivity index (χ1n) is 9.33. The highest BCUT2D eigenvalue weighted by molar-refractivity contribution is 7.89. The number of piperidine rings is 1. The predicted octanol–water partition coefficient (Wildman–Crippen LogP) is 2.44. The van der Waals surface area contributed by atoms with Crippen LogP contribution in [0.3, 0.4) is 0 Å². The van der Waals surface area contributed by atoms with Gasteiger partial charge >= 0.3 is 0 Å². The van der Waals surface area contributed by atoms with E-state index in [1.165, 1.54) is 42.0 Å². The van der Waals surface area contributed by atoms with Gasteiger partial charge in [0.1, 0.15) is 0 Å². The average Bonchev–Trinajstić information content (AvgIpc) is 2.62. The minimum atomic E-state index is -3.52. The molecular formula is C18H28N2O4S2. The van der Waals surface area contributed by atoms with Gasteiger partial charge in [0, 0.05) is 19.1 Å². The normalized spacial score (nSPS) is 21.7. The van der Waals surface area contributed by atoms with Crippen molar-refractivity contribution < 1.29 is 16.8 Å². The van der Waals surface area contributed by atoms with E-state index >= 15 is 0 Å². The summed E-state index contributed by atoms with van der Waals surface area (Å²) in [6.45, 7) is 0.666. The zero-order chi connectivity index (χ0) is 18.8. The molecule has 1 aromatic carbocycles. The lowest BCUT2D eigenvalue weighted by Crippen LogP contribution is -2.46. The summed E-state index contributed by atoms with van der Waals surface area (Å²) in [5, 5.41) is 0. The Bertz CT molecular complexity index is 805. The zero-order valence-corrected chi connectivity index (χ0v) is 16.9. The third-order valence-corrected chi connectivity index (χ3v) is 8.10. The van der Waals surface area contributed by atoms with Gasteiger partial charge in [-0.15, -0.1) is 0 Å². The number of benzene rings is 1. The molecule has 26 heavy (non-hydrogen) atoms. The van der Waals surface area contributed by atoms with Crippen molar-refractivity contribution in [2.75, 3.05) is 19.3 Å². The van der Waals surface area contributed by atoms with Crippen molar-refractivity contribution in [3.8, 4) is 0 Å². The predicted molar refractivity (Wildman–Crippen MR) is 102 cm³/mol. The summed E-state index contributed by atoms with van der Waals surface area (Å²) in [6.07, 6.45) is 8.29. The molecule has 0 atom stereocenters. The first kappa shape index (κ1) is 19.8. The molecular weight excluding hydrogens is 372 g/mol. The summed E-state index contributed by atoms with van der Waals surface area (Å²) in [7, 11) is -6.78. The molecule has 1 saturated heterocycles. The van der Waals surface area contributed by atoms with Gasteiger partial charge in [-0.2, -0.15) is 4.31 Å². The van der Waals surface area contributed by atoms with Crippen molar-refractivity contribution in [2.45, 2.75) is 61.8 Å². The van der Waals surface area contributed by atoms with Crippen LogP contribution in [-0.4, -0.2) is 46.5 Å². The molecule has 3 rings (SSSR count). The summed E-state index contributed by atoms with van der Waals surface area (Å²) < 4.78 is 52.4. The summed E-state index contributed by atoms with van der Waals surface area (Å²) in [5.74, 6) is 0.554. The minimum absolute atomic E-state index is 0.190. The lowest BCUT2D eigenvalue weighted by Gasteiger charge is -2.31. The molecule has 0 unspecified atom stereocenters. The summed E-state index contributed by atoms with van der Waals surface area (Å²) >= 11 is 0. The molecule has 0 spiro atoms. The second-order valence-electron chi connectivity index (χ2n) is 7.47. The molecule has 0 aromatic heterocycles. The summed E-state index contributed by atoms with van der Waals surface area (Å²) in [5.41, 5.74) is 1.24. The highest BCUT2D eigenvalue weighted by Gasteiger charge is 2.30. The van der Waals surface area contributed by atoms with Crippen LogP contribution in [0.15, 0.2) is 29.2 Å². The van der Waals surface area contributed by atoms with Crippen molar-refractivity contribution in [2.24, 2.45) is 0 Å². The third kappa shape index (κ3) is 4.85. The lowest BCUT2D eigenvalue weighted by atomic mass is 9.84. The first-order valence-corrected chi connectivity index (χ1v) is 12.7. The molecule has 1 aliphatic heterocycles. The molecule has 2 fully saturated rings. The molecule has 6 nitrogen and oxygen atoms in total. The Morgan fingerprint density at radius 3 is 2.00 bits per heavy atom. The standard InChI is InChI=1S/C18H28N2O4S2/c1-25(21,22)19-17-11-13-20(14-12-17)26(23,24)18-9-7-16(8-10-18)15-5-3-2-4-6-15/h7-10,15,17,19H,2-6,11-14H2,1H3. The molecule has 1 N–H and O–H groups in total. The molecule has 0 bridgehead atoms. The lowest BCUT2D eigenvalue weighted by molar-refractivity contribution is 0.309. The van der Waals surface area contributed by atoms with E-state index in [4.69, 9.17) is 0 Å². The van der Waals surface area contributed by atoms with E-state index in [1.807, 2.05) is 12.1 Å². The van der Waals surface area contributed by atoms with Crippen LogP contribution in [0.25, 0.3) is 0 Å². The molecule has 1 aromatic rings. The van der Waals surface area contributed by atoms with Crippen molar-refractivity contribution in [1.29, 1.82) is 0 Å². The minimum Gasteiger partial charge on any atom is -0.213 e. The smallest absolute Gasteiger partial charge is 0.213 e. The van der Waals surface area contributed by atoms with Gasteiger partial charge in [-0.05, 0) is 49.3 Å². The Morgan fingerprint density at radius 1 is 0.885 bits per heavy atom. The van der Waals surface area contributed by atoms with Gasteiger partial charge in [0.25, 0.3) is 0 Å². The fourth-order valence-corrected chi connectivity index (χ4v) is 6.32. The van der Waals surface area contributed by atoms with Crippen LogP contribution >= 0.6 is 0 Å². The fourth-order valence-electron chi connectivity index (χ4n) is 4.01. The van der Waals surface area contributed by atoms with E-state index in [-0.39, 0.29) is 6.04 Å². The molecule has 0 radical (unpaired) electrons. The third-order valence-electron chi connectivity index (χ3n) is 5.43. The Morgan fingerprint density at radius 2 is 1.46 bits per heavy atom. The molecule has 0 amide bonds. The molecule has 1 aliphatic carbocycles. The van der Waals surface area contributed by atoms with Crippen LogP contribution in [0.4, 0.5) is 0 Å². The second-order valence-corrected chi connectivity index (χ2v) is 11.2. The molecule has 2 aliphatic rings. The van der Waals surface area contributed by atoms with E-state index in [2.05, 4.69) is 4.72 Å². The van der Waals surface area contributed by atoms with E-state index in [0.29, 0.717) is 36.7 Å². The maximum Gasteiger partial charge on any atom is 0.243 e. The van der Waals surface area contributed by atoms with Gasteiger partial charge in [0.05, 0.1) is 11.2 Å². The van der Waals surface area contributed by atoms with Crippen LogP contribution in [0.5, 0.6) is 0 Å². The Labute approximate surface area is 157 Å². The summed E-state index contributed by atoms with van der Waals surface area (Å²) in [6, 6.07) is 7.17. The van der Waals surface area contributed by atoms with Crippen LogP contribution in [0.1, 0.15) is 56.4 Å². The van der Waals surface area contributed by atoms with E-state index < -0.39 is 20.0 Å².